The molecular formula is C26H24N2O5. The van der Waals surface area contributed by atoms with Crippen LogP contribution in [0.3, 0.4) is 0 Å². The van der Waals surface area contributed by atoms with Crippen molar-refractivity contribution in [2.24, 2.45) is 5.92 Å². The van der Waals surface area contributed by atoms with Gasteiger partial charge in [0.2, 0.25) is 5.91 Å². The maximum Gasteiger partial charge on any atom is 0.311 e. The molecule has 7 heteroatoms. The third-order valence-corrected chi connectivity index (χ3v) is 5.23. The number of ether oxygens (including phenoxy) is 2. The molecule has 2 amide bonds. The van der Waals surface area contributed by atoms with Gasteiger partial charge in [0.05, 0.1) is 5.92 Å². The molecule has 1 fully saturated rings. The van der Waals surface area contributed by atoms with Crippen LogP contribution < -0.4 is 10.1 Å². The van der Waals surface area contributed by atoms with Crippen LogP contribution in [0, 0.1) is 5.92 Å². The smallest absolute Gasteiger partial charge is 0.311 e. The van der Waals surface area contributed by atoms with Gasteiger partial charge in [-0.15, -0.1) is 0 Å². The summed E-state index contributed by atoms with van der Waals surface area (Å²) in [5.41, 5.74) is 1.56. The minimum Gasteiger partial charge on any atom is -0.457 e. The van der Waals surface area contributed by atoms with Crippen LogP contribution in [-0.4, -0.2) is 35.8 Å². The Morgan fingerprint density at radius 2 is 1.52 bits per heavy atom. The molecule has 3 aromatic rings. The quantitative estimate of drug-likeness (QED) is 0.531. The van der Waals surface area contributed by atoms with E-state index in [4.69, 9.17) is 9.47 Å². The number of anilines is 1. The van der Waals surface area contributed by atoms with Crippen molar-refractivity contribution in [2.75, 3.05) is 18.5 Å². The normalized spacial score (nSPS) is 15.2. The average molecular weight is 444 g/mol. The van der Waals surface area contributed by atoms with E-state index in [2.05, 4.69) is 5.32 Å². The molecule has 4 rings (SSSR count). The molecule has 1 N–H and O–H groups in total. The topological polar surface area (TPSA) is 84.9 Å². The summed E-state index contributed by atoms with van der Waals surface area (Å²) in [6.45, 7) is 0.329. The van der Waals surface area contributed by atoms with E-state index in [1.54, 1.807) is 29.2 Å². The first kappa shape index (κ1) is 22.1. The monoisotopic (exact) mass is 444 g/mol. The second-order valence-corrected chi connectivity index (χ2v) is 7.76. The Labute approximate surface area is 191 Å². The number of carbonyl (C=O) groups is 3. The number of para-hydroxylation sites is 1. The largest absolute Gasteiger partial charge is 0.457 e. The average Bonchev–Trinajstić information content (AvgIpc) is 3.20. The molecule has 1 saturated heterocycles. The van der Waals surface area contributed by atoms with Gasteiger partial charge in [-0.1, -0.05) is 48.5 Å². The number of benzene rings is 3. The van der Waals surface area contributed by atoms with E-state index in [9.17, 15) is 14.4 Å². The molecular weight excluding hydrogens is 420 g/mol. The van der Waals surface area contributed by atoms with Crippen LogP contribution in [0.1, 0.15) is 12.0 Å². The van der Waals surface area contributed by atoms with Crippen LogP contribution in [0.15, 0.2) is 84.9 Å². The van der Waals surface area contributed by atoms with Gasteiger partial charge in [0, 0.05) is 25.2 Å². The summed E-state index contributed by atoms with van der Waals surface area (Å²) in [6, 6.07) is 25.8. The lowest BCUT2D eigenvalue weighted by atomic mass is 10.1. The van der Waals surface area contributed by atoms with Crippen molar-refractivity contribution in [3.05, 3.63) is 90.5 Å². The predicted molar refractivity (Wildman–Crippen MR) is 123 cm³/mol. The third-order valence-electron chi connectivity index (χ3n) is 5.23. The number of nitrogens with one attached hydrogen (secondary N) is 1. The SMILES string of the molecule is O=C(COC(=O)[C@@H]1CC(=O)N(Cc2ccccc2)C1)Nc1ccc(Oc2ccccc2)cc1. The Morgan fingerprint density at radius 1 is 0.879 bits per heavy atom. The first-order chi connectivity index (χ1) is 16.1. The van der Waals surface area contributed by atoms with Gasteiger partial charge in [-0.05, 0) is 42.0 Å². The highest BCUT2D eigenvalue weighted by atomic mass is 16.5. The number of hydrogen-bond acceptors (Lipinski definition) is 5. The Balaban J connectivity index is 1.22. The van der Waals surface area contributed by atoms with Crippen molar-refractivity contribution in [1.82, 2.24) is 4.90 Å². The Morgan fingerprint density at radius 3 is 2.21 bits per heavy atom. The zero-order valence-corrected chi connectivity index (χ0v) is 18.0. The van der Waals surface area contributed by atoms with Crippen molar-refractivity contribution in [1.29, 1.82) is 0 Å². The lowest BCUT2D eigenvalue weighted by Gasteiger charge is -2.16. The van der Waals surface area contributed by atoms with Crippen molar-refractivity contribution in [3.8, 4) is 11.5 Å². The van der Waals surface area contributed by atoms with E-state index in [0.29, 0.717) is 23.7 Å². The maximum absolute atomic E-state index is 12.4. The zero-order chi connectivity index (χ0) is 23.0. The number of carbonyl (C=O) groups excluding carboxylic acids is 3. The molecule has 1 atom stereocenters. The fourth-order valence-corrected chi connectivity index (χ4v) is 3.57. The van der Waals surface area contributed by atoms with Gasteiger partial charge in [-0.2, -0.15) is 0 Å². The maximum atomic E-state index is 12.4. The predicted octanol–water partition coefficient (Wildman–Crippen LogP) is 4.01. The number of rotatable bonds is 8. The van der Waals surface area contributed by atoms with E-state index >= 15 is 0 Å². The summed E-state index contributed by atoms with van der Waals surface area (Å²) in [7, 11) is 0. The van der Waals surface area contributed by atoms with Crippen LogP contribution in [-0.2, 0) is 25.7 Å². The molecule has 3 aromatic carbocycles. The molecule has 1 aliphatic heterocycles. The highest BCUT2D eigenvalue weighted by molar-refractivity contribution is 5.93. The van der Waals surface area contributed by atoms with Crippen LogP contribution in [0.4, 0.5) is 5.69 Å². The van der Waals surface area contributed by atoms with Crippen molar-refractivity contribution < 1.29 is 23.9 Å². The summed E-state index contributed by atoms with van der Waals surface area (Å²) in [6.07, 6.45) is 0.0934. The highest BCUT2D eigenvalue weighted by Gasteiger charge is 2.35. The molecule has 0 spiro atoms. The molecule has 7 nitrogen and oxygen atoms in total. The van der Waals surface area contributed by atoms with Crippen LogP contribution in [0.25, 0.3) is 0 Å². The summed E-state index contributed by atoms with van der Waals surface area (Å²) >= 11 is 0. The van der Waals surface area contributed by atoms with E-state index in [1.165, 1.54) is 0 Å². The van der Waals surface area contributed by atoms with Crippen LogP contribution >= 0.6 is 0 Å². The Kier molecular flexibility index (Phi) is 6.99. The number of esters is 1. The lowest BCUT2D eigenvalue weighted by Crippen LogP contribution is -2.28. The van der Waals surface area contributed by atoms with Crippen molar-refractivity contribution in [2.45, 2.75) is 13.0 Å². The molecule has 0 bridgehead atoms. The van der Waals surface area contributed by atoms with Crippen molar-refractivity contribution in [3.63, 3.8) is 0 Å². The number of nitrogens with zero attached hydrogens (tertiary/aromatic N) is 1. The molecule has 1 aliphatic rings. The number of likely N-dealkylation sites (tertiary alicyclic amines) is 1. The fraction of sp³-hybridized carbons (Fsp3) is 0.192. The van der Waals surface area contributed by atoms with Crippen LogP contribution in [0.2, 0.25) is 0 Å². The van der Waals surface area contributed by atoms with E-state index in [1.807, 2.05) is 60.7 Å². The summed E-state index contributed by atoms with van der Waals surface area (Å²) in [5, 5.41) is 2.68. The van der Waals surface area contributed by atoms with E-state index in [0.717, 1.165) is 5.56 Å². The molecule has 0 aliphatic carbocycles. The summed E-state index contributed by atoms with van der Waals surface area (Å²) in [4.78, 5) is 38.4. The van der Waals surface area contributed by atoms with Gasteiger partial charge in [0.1, 0.15) is 11.5 Å². The second-order valence-electron chi connectivity index (χ2n) is 7.76. The fourth-order valence-electron chi connectivity index (χ4n) is 3.57. The molecule has 168 valence electrons. The first-order valence-electron chi connectivity index (χ1n) is 10.7. The lowest BCUT2D eigenvalue weighted by molar-refractivity contribution is -0.151. The minimum atomic E-state index is -0.566. The highest BCUT2D eigenvalue weighted by Crippen LogP contribution is 2.23. The van der Waals surface area contributed by atoms with E-state index in [-0.39, 0.29) is 18.9 Å². The summed E-state index contributed by atoms with van der Waals surface area (Å²) < 4.78 is 10.9. The van der Waals surface area contributed by atoms with Gasteiger partial charge in [0.15, 0.2) is 6.61 Å². The minimum absolute atomic E-state index is 0.0934. The second kappa shape index (κ2) is 10.5. The number of hydrogen-bond donors (Lipinski definition) is 1. The van der Waals surface area contributed by atoms with Gasteiger partial charge >= 0.3 is 5.97 Å². The van der Waals surface area contributed by atoms with Crippen molar-refractivity contribution >= 4 is 23.5 Å². The first-order valence-corrected chi connectivity index (χ1v) is 10.7. The molecule has 0 radical (unpaired) electrons. The summed E-state index contributed by atoms with van der Waals surface area (Å²) in [5.74, 6) is -0.303. The van der Waals surface area contributed by atoms with Crippen LogP contribution in [0.5, 0.6) is 11.5 Å². The number of amides is 2. The molecule has 0 saturated carbocycles. The van der Waals surface area contributed by atoms with E-state index < -0.39 is 24.4 Å². The molecule has 33 heavy (non-hydrogen) atoms. The molecule has 1 heterocycles. The molecule has 0 unspecified atom stereocenters. The van der Waals surface area contributed by atoms with Gasteiger partial charge < -0.3 is 19.7 Å². The standard InChI is InChI=1S/C26H24N2O5/c29-24(27-21-11-13-23(14-12-21)33-22-9-5-2-6-10-22)18-32-26(31)20-15-25(30)28(17-20)16-19-7-3-1-4-8-19/h1-14,20H,15-18H2,(H,27,29)/t20-/m1/s1. The zero-order valence-electron chi connectivity index (χ0n) is 18.0. The van der Waals surface area contributed by atoms with Gasteiger partial charge in [-0.25, -0.2) is 0 Å². The van der Waals surface area contributed by atoms with Gasteiger partial charge in [0.25, 0.3) is 5.91 Å². The molecule has 0 aromatic heterocycles. The van der Waals surface area contributed by atoms with Gasteiger partial charge in [-0.3, -0.25) is 14.4 Å². The third kappa shape index (κ3) is 6.20. The Hall–Kier alpha value is -4.13. The Bertz CT molecular complexity index is 1100.